The number of aromatic carboxylic acids is 1. The normalized spacial score (nSPS) is 10.4. The molecule has 0 spiro atoms. The predicted molar refractivity (Wildman–Crippen MR) is 49.3 cm³/mol. The predicted octanol–water partition coefficient (Wildman–Crippen LogP) is 0.440. The molecule has 0 fully saturated rings. The number of carboxylic acid groups (broad SMARTS) is 1. The highest BCUT2D eigenvalue weighted by molar-refractivity contribution is 5.96. The van der Waals surface area contributed by atoms with Gasteiger partial charge in [0.2, 0.25) is 0 Å². The molecule has 0 aliphatic carbocycles. The molecule has 1 aromatic heterocycles. The molecule has 0 radical (unpaired) electrons. The van der Waals surface area contributed by atoms with Gasteiger partial charge in [-0.3, -0.25) is 10.1 Å². The van der Waals surface area contributed by atoms with Crippen LogP contribution in [0.2, 0.25) is 0 Å². The molecule has 76 valence electrons. The van der Waals surface area contributed by atoms with E-state index >= 15 is 0 Å². The number of nitro benzene ring substituents is 1. The minimum atomic E-state index is -1.39. The van der Waals surface area contributed by atoms with Gasteiger partial charge in [0, 0.05) is 11.5 Å². The van der Waals surface area contributed by atoms with Crippen molar-refractivity contribution in [2.24, 2.45) is 0 Å². The Bertz CT molecular complexity index is 558. The fraction of sp³-hybridized carbons (Fsp3) is 0. The molecule has 1 aromatic carbocycles. The summed E-state index contributed by atoms with van der Waals surface area (Å²) >= 11 is 0. The third-order valence-corrected chi connectivity index (χ3v) is 2.05. The number of aromatic nitrogens is 1. The summed E-state index contributed by atoms with van der Waals surface area (Å²) in [5.41, 5.74) is -0.124. The van der Waals surface area contributed by atoms with Crippen molar-refractivity contribution in [2.45, 2.75) is 0 Å². The number of fused-ring (bicyclic) bond motifs is 1. The Morgan fingerprint density at radius 1 is 1.40 bits per heavy atom. The fourth-order valence-corrected chi connectivity index (χ4v) is 1.40. The van der Waals surface area contributed by atoms with Gasteiger partial charge in [0.25, 0.3) is 5.69 Å². The number of nitrogens with zero attached hydrogens (tertiary/aromatic N) is 1. The number of hydrogen-bond donors (Lipinski definition) is 1. The monoisotopic (exact) mass is 205 g/mol. The van der Waals surface area contributed by atoms with E-state index in [1.807, 2.05) is 0 Å². The van der Waals surface area contributed by atoms with E-state index in [1.165, 1.54) is 18.2 Å². The Morgan fingerprint density at radius 3 is 2.73 bits per heavy atom. The highest BCUT2D eigenvalue weighted by Gasteiger charge is 2.13. The maximum absolute atomic E-state index is 10.6. The van der Waals surface area contributed by atoms with E-state index in [2.05, 4.69) is 4.98 Å². The molecule has 0 saturated carbocycles. The first-order valence-electron chi connectivity index (χ1n) is 4.07. The Labute approximate surface area is 83.3 Å². The number of non-ortho nitro benzene ring substituents is 1. The standard InChI is InChI=1S/C9H6N2O4/c12-9(13)6-4-5-2-1-3-7(11(14)15)8(5)10-6/h1-4,10H,(H,12,13)/p-1. The smallest absolute Gasteiger partial charge is 0.293 e. The number of carbonyl (C=O) groups is 1. The number of H-pyrrole nitrogens is 1. The maximum Gasteiger partial charge on any atom is 0.293 e. The van der Waals surface area contributed by atoms with Crippen LogP contribution in [0.25, 0.3) is 10.9 Å². The van der Waals surface area contributed by atoms with Crippen molar-refractivity contribution >= 4 is 22.6 Å². The SMILES string of the molecule is O=C([O-])c1cc2cccc([N+](=O)[O-])c2[nH]1. The van der Waals surface area contributed by atoms with E-state index in [-0.39, 0.29) is 16.9 Å². The second-order valence-electron chi connectivity index (χ2n) is 2.97. The minimum absolute atomic E-state index is 0.153. The average Bonchev–Trinajstić information content (AvgIpc) is 2.60. The number of nitrogens with one attached hydrogen (secondary N) is 1. The number of aromatic amines is 1. The number of carboxylic acids is 1. The van der Waals surface area contributed by atoms with Gasteiger partial charge in [-0.05, 0) is 6.07 Å². The van der Waals surface area contributed by atoms with Gasteiger partial charge in [0.1, 0.15) is 5.52 Å². The summed E-state index contributed by atoms with van der Waals surface area (Å²) in [6.07, 6.45) is 0. The molecule has 2 rings (SSSR count). The van der Waals surface area contributed by atoms with Crippen LogP contribution in [0.5, 0.6) is 0 Å². The number of nitro groups is 1. The van der Waals surface area contributed by atoms with Gasteiger partial charge in [-0.1, -0.05) is 12.1 Å². The summed E-state index contributed by atoms with van der Waals surface area (Å²) in [4.78, 5) is 23.0. The van der Waals surface area contributed by atoms with Crippen LogP contribution in [0, 0.1) is 10.1 Å². The third kappa shape index (κ3) is 1.41. The zero-order chi connectivity index (χ0) is 11.0. The molecule has 0 aliphatic heterocycles. The first-order chi connectivity index (χ1) is 7.09. The second-order valence-corrected chi connectivity index (χ2v) is 2.97. The number of hydrogen-bond acceptors (Lipinski definition) is 4. The maximum atomic E-state index is 10.6. The summed E-state index contributed by atoms with van der Waals surface area (Å²) in [6, 6.07) is 5.69. The van der Waals surface area contributed by atoms with Crippen LogP contribution in [0.15, 0.2) is 24.3 Å². The first kappa shape index (κ1) is 9.20. The summed E-state index contributed by atoms with van der Waals surface area (Å²) in [5.74, 6) is -1.39. The Morgan fingerprint density at radius 2 is 2.13 bits per heavy atom. The molecule has 2 aromatic rings. The molecule has 0 atom stereocenters. The number of rotatable bonds is 2. The molecule has 0 aliphatic rings. The van der Waals surface area contributed by atoms with Crippen LogP contribution in [0.4, 0.5) is 5.69 Å². The van der Waals surface area contributed by atoms with E-state index in [9.17, 15) is 20.0 Å². The zero-order valence-corrected chi connectivity index (χ0v) is 7.39. The number of para-hydroxylation sites is 1. The first-order valence-corrected chi connectivity index (χ1v) is 4.07. The van der Waals surface area contributed by atoms with Gasteiger partial charge in [0.15, 0.2) is 0 Å². The summed E-state index contributed by atoms with van der Waals surface area (Å²) in [6.45, 7) is 0. The minimum Gasteiger partial charge on any atom is -0.543 e. The third-order valence-electron chi connectivity index (χ3n) is 2.05. The van der Waals surface area contributed by atoms with Crippen LogP contribution in [0.1, 0.15) is 10.5 Å². The molecule has 0 amide bonds. The molecule has 6 heteroatoms. The van der Waals surface area contributed by atoms with Crippen molar-refractivity contribution in [3.05, 3.63) is 40.1 Å². The molecule has 6 nitrogen and oxygen atoms in total. The van der Waals surface area contributed by atoms with Crippen molar-refractivity contribution < 1.29 is 14.8 Å². The highest BCUT2D eigenvalue weighted by atomic mass is 16.6. The second kappa shape index (κ2) is 3.09. The largest absolute Gasteiger partial charge is 0.543 e. The van der Waals surface area contributed by atoms with E-state index in [4.69, 9.17) is 0 Å². The molecule has 0 bridgehead atoms. The van der Waals surface area contributed by atoms with Crippen molar-refractivity contribution in [2.75, 3.05) is 0 Å². The van der Waals surface area contributed by atoms with Gasteiger partial charge < -0.3 is 14.9 Å². The van der Waals surface area contributed by atoms with Crippen molar-refractivity contribution in [3.8, 4) is 0 Å². The van der Waals surface area contributed by atoms with E-state index < -0.39 is 10.9 Å². The number of carbonyl (C=O) groups excluding carboxylic acids is 1. The van der Waals surface area contributed by atoms with Crippen LogP contribution < -0.4 is 5.11 Å². The lowest BCUT2D eigenvalue weighted by Gasteiger charge is -1.94. The molecule has 0 unspecified atom stereocenters. The lowest BCUT2D eigenvalue weighted by molar-refractivity contribution is -0.383. The van der Waals surface area contributed by atoms with Crippen LogP contribution >= 0.6 is 0 Å². The van der Waals surface area contributed by atoms with Crippen molar-refractivity contribution in [3.63, 3.8) is 0 Å². The van der Waals surface area contributed by atoms with E-state index in [0.29, 0.717) is 5.39 Å². The molecule has 1 heterocycles. The molecular weight excluding hydrogens is 200 g/mol. The Kier molecular flexibility index (Phi) is 1.89. The summed E-state index contributed by atoms with van der Waals surface area (Å²) in [5, 5.41) is 21.6. The fourth-order valence-electron chi connectivity index (χ4n) is 1.40. The van der Waals surface area contributed by atoms with Gasteiger partial charge in [0.05, 0.1) is 16.6 Å². The van der Waals surface area contributed by atoms with Gasteiger partial charge in [-0.15, -0.1) is 0 Å². The zero-order valence-electron chi connectivity index (χ0n) is 7.39. The van der Waals surface area contributed by atoms with Crippen molar-refractivity contribution in [1.29, 1.82) is 0 Å². The van der Waals surface area contributed by atoms with Crippen LogP contribution in [-0.2, 0) is 0 Å². The van der Waals surface area contributed by atoms with Crippen LogP contribution in [0.3, 0.4) is 0 Å². The lowest BCUT2D eigenvalue weighted by Crippen LogP contribution is -2.22. The van der Waals surface area contributed by atoms with Crippen molar-refractivity contribution in [1.82, 2.24) is 4.98 Å². The highest BCUT2D eigenvalue weighted by Crippen LogP contribution is 2.24. The molecule has 15 heavy (non-hydrogen) atoms. The summed E-state index contributed by atoms with van der Waals surface area (Å²) in [7, 11) is 0. The average molecular weight is 205 g/mol. The van der Waals surface area contributed by atoms with E-state index in [0.717, 1.165) is 0 Å². The molecule has 0 saturated heterocycles. The molecule has 1 N–H and O–H groups in total. The van der Waals surface area contributed by atoms with Gasteiger partial charge >= 0.3 is 0 Å². The Hall–Kier alpha value is -2.37. The van der Waals surface area contributed by atoms with Crippen LogP contribution in [-0.4, -0.2) is 15.9 Å². The number of benzene rings is 1. The van der Waals surface area contributed by atoms with E-state index in [1.54, 1.807) is 6.07 Å². The Balaban J connectivity index is 2.75. The lowest BCUT2D eigenvalue weighted by atomic mass is 10.2. The molecular formula is C9H5N2O4-. The summed E-state index contributed by atoms with van der Waals surface area (Å²) < 4.78 is 0. The van der Waals surface area contributed by atoms with Gasteiger partial charge in [-0.25, -0.2) is 0 Å². The topological polar surface area (TPSA) is 99.1 Å². The quantitative estimate of drug-likeness (QED) is 0.567. The van der Waals surface area contributed by atoms with Gasteiger partial charge in [-0.2, -0.15) is 0 Å².